The summed E-state index contributed by atoms with van der Waals surface area (Å²) in [5.41, 5.74) is 1.12. The Kier molecular flexibility index (Phi) is 4.42. The molecule has 4 nitrogen and oxygen atoms in total. The van der Waals surface area contributed by atoms with E-state index in [1.54, 1.807) is 24.3 Å². The molecule has 0 aromatic heterocycles. The summed E-state index contributed by atoms with van der Waals surface area (Å²) in [7, 11) is -1.28. The van der Waals surface area contributed by atoms with Gasteiger partial charge < -0.3 is 10.1 Å². The summed E-state index contributed by atoms with van der Waals surface area (Å²) in [6.45, 7) is 0.768. The van der Waals surface area contributed by atoms with E-state index < -0.39 is 9.84 Å². The van der Waals surface area contributed by atoms with Gasteiger partial charge in [0.2, 0.25) is 0 Å². The Labute approximate surface area is 119 Å². The van der Waals surface area contributed by atoms with Gasteiger partial charge in [-0.25, -0.2) is 8.42 Å². The molecule has 0 amide bonds. The normalized spacial score (nSPS) is 11.3. The first-order valence-electron chi connectivity index (χ1n) is 6.20. The Morgan fingerprint density at radius 3 is 2.35 bits per heavy atom. The van der Waals surface area contributed by atoms with E-state index in [4.69, 9.17) is 4.74 Å². The summed E-state index contributed by atoms with van der Waals surface area (Å²) in [5, 5.41) is 3.08. The third kappa shape index (κ3) is 3.82. The maximum atomic E-state index is 11.4. The van der Waals surface area contributed by atoms with Crippen LogP contribution in [-0.2, 0) is 16.4 Å². The van der Waals surface area contributed by atoms with Crippen molar-refractivity contribution in [3.63, 3.8) is 0 Å². The Morgan fingerprint density at radius 2 is 1.75 bits per heavy atom. The molecule has 106 valence electrons. The summed E-state index contributed by atoms with van der Waals surface area (Å²) in [5.74, 6) is 1.34. The van der Waals surface area contributed by atoms with E-state index in [1.807, 2.05) is 31.3 Å². The Hall–Kier alpha value is -1.85. The molecule has 1 N–H and O–H groups in total. The van der Waals surface area contributed by atoms with E-state index in [9.17, 15) is 8.42 Å². The van der Waals surface area contributed by atoms with E-state index in [0.29, 0.717) is 5.75 Å². The molecule has 0 heterocycles. The van der Waals surface area contributed by atoms with Gasteiger partial charge in [0.05, 0.1) is 4.90 Å². The minimum atomic E-state index is -3.17. The Balaban J connectivity index is 2.16. The lowest BCUT2D eigenvalue weighted by atomic mass is 10.2. The number of benzene rings is 2. The largest absolute Gasteiger partial charge is 0.457 e. The molecule has 2 rings (SSSR count). The highest BCUT2D eigenvalue weighted by Gasteiger charge is 2.06. The lowest BCUT2D eigenvalue weighted by Gasteiger charge is -2.08. The molecular weight excluding hydrogens is 274 g/mol. The molecule has 0 spiro atoms. The van der Waals surface area contributed by atoms with Crippen LogP contribution < -0.4 is 10.1 Å². The third-order valence-electron chi connectivity index (χ3n) is 2.77. The summed E-state index contributed by atoms with van der Waals surface area (Å²) in [6, 6.07) is 14.1. The van der Waals surface area contributed by atoms with Crippen LogP contribution in [0.3, 0.4) is 0 Å². The van der Waals surface area contributed by atoms with E-state index in [0.717, 1.165) is 17.9 Å². The van der Waals surface area contributed by atoms with E-state index in [-0.39, 0.29) is 4.90 Å². The van der Waals surface area contributed by atoms with Crippen molar-refractivity contribution in [2.45, 2.75) is 11.4 Å². The van der Waals surface area contributed by atoms with Crippen LogP contribution in [0.5, 0.6) is 11.5 Å². The second-order valence-corrected chi connectivity index (χ2v) is 6.54. The van der Waals surface area contributed by atoms with Gasteiger partial charge in [-0.1, -0.05) is 12.1 Å². The second kappa shape index (κ2) is 6.07. The monoisotopic (exact) mass is 291 g/mol. The Bertz CT molecular complexity index is 679. The number of hydrogen-bond acceptors (Lipinski definition) is 4. The molecular formula is C15H17NO3S. The predicted octanol–water partition coefficient (Wildman–Crippen LogP) is 2.60. The molecule has 0 aliphatic carbocycles. The summed E-state index contributed by atoms with van der Waals surface area (Å²) in [4.78, 5) is 0.286. The number of nitrogens with one attached hydrogen (secondary N) is 1. The fraction of sp³-hybridized carbons (Fsp3) is 0.200. The van der Waals surface area contributed by atoms with Gasteiger partial charge in [-0.05, 0) is 49.0 Å². The molecule has 0 fully saturated rings. The van der Waals surface area contributed by atoms with Crippen molar-refractivity contribution >= 4 is 9.84 Å². The second-order valence-electron chi connectivity index (χ2n) is 4.52. The predicted molar refractivity (Wildman–Crippen MR) is 78.8 cm³/mol. The first-order valence-corrected chi connectivity index (χ1v) is 8.10. The lowest BCUT2D eigenvalue weighted by Crippen LogP contribution is -2.04. The van der Waals surface area contributed by atoms with Crippen molar-refractivity contribution in [1.82, 2.24) is 5.32 Å². The highest BCUT2D eigenvalue weighted by Crippen LogP contribution is 2.23. The fourth-order valence-corrected chi connectivity index (χ4v) is 2.44. The van der Waals surface area contributed by atoms with Crippen molar-refractivity contribution in [2.75, 3.05) is 13.3 Å². The zero-order valence-electron chi connectivity index (χ0n) is 11.5. The summed E-state index contributed by atoms with van der Waals surface area (Å²) < 4.78 is 28.5. The molecule has 2 aromatic carbocycles. The average Bonchev–Trinajstić information content (AvgIpc) is 2.39. The maximum Gasteiger partial charge on any atom is 0.175 e. The minimum absolute atomic E-state index is 0.286. The molecule has 0 unspecified atom stereocenters. The zero-order chi connectivity index (χ0) is 14.6. The standard InChI is InChI=1S/C15H17NO3S/c1-16-11-12-4-3-5-14(10-12)19-13-6-8-15(9-7-13)20(2,17)18/h3-10,16H,11H2,1-2H3. The number of rotatable bonds is 5. The molecule has 0 saturated carbocycles. The van der Waals surface area contributed by atoms with Crippen molar-refractivity contribution < 1.29 is 13.2 Å². The molecule has 0 saturated heterocycles. The van der Waals surface area contributed by atoms with Crippen LogP contribution in [0.4, 0.5) is 0 Å². The van der Waals surface area contributed by atoms with E-state index in [2.05, 4.69) is 5.32 Å². The molecule has 0 aliphatic heterocycles. The molecule has 20 heavy (non-hydrogen) atoms. The molecule has 5 heteroatoms. The van der Waals surface area contributed by atoms with Gasteiger partial charge in [0.1, 0.15) is 11.5 Å². The maximum absolute atomic E-state index is 11.4. The van der Waals surface area contributed by atoms with Gasteiger partial charge in [0.25, 0.3) is 0 Å². The van der Waals surface area contributed by atoms with E-state index >= 15 is 0 Å². The summed E-state index contributed by atoms with van der Waals surface area (Å²) in [6.07, 6.45) is 1.18. The number of sulfone groups is 1. The smallest absolute Gasteiger partial charge is 0.175 e. The van der Waals surface area contributed by atoms with Crippen LogP contribution >= 0.6 is 0 Å². The van der Waals surface area contributed by atoms with Gasteiger partial charge in [0, 0.05) is 12.8 Å². The highest BCUT2D eigenvalue weighted by molar-refractivity contribution is 7.90. The molecule has 2 aromatic rings. The third-order valence-corrected chi connectivity index (χ3v) is 3.90. The first kappa shape index (κ1) is 14.6. The lowest BCUT2D eigenvalue weighted by molar-refractivity contribution is 0.481. The van der Waals surface area contributed by atoms with Crippen LogP contribution in [0.2, 0.25) is 0 Å². The molecule has 0 radical (unpaired) electrons. The van der Waals surface area contributed by atoms with Crippen LogP contribution in [0.1, 0.15) is 5.56 Å². The van der Waals surface area contributed by atoms with Gasteiger partial charge >= 0.3 is 0 Å². The van der Waals surface area contributed by atoms with E-state index in [1.165, 1.54) is 6.26 Å². The van der Waals surface area contributed by atoms with Crippen LogP contribution in [-0.4, -0.2) is 21.7 Å². The SMILES string of the molecule is CNCc1cccc(Oc2ccc(S(C)(=O)=O)cc2)c1. The first-order chi connectivity index (χ1) is 9.49. The zero-order valence-corrected chi connectivity index (χ0v) is 12.3. The average molecular weight is 291 g/mol. The fourth-order valence-electron chi connectivity index (χ4n) is 1.81. The quantitative estimate of drug-likeness (QED) is 0.920. The van der Waals surface area contributed by atoms with Gasteiger partial charge in [-0.2, -0.15) is 0 Å². The van der Waals surface area contributed by atoms with Crippen molar-refractivity contribution in [3.05, 3.63) is 54.1 Å². The molecule has 0 atom stereocenters. The van der Waals surface area contributed by atoms with Crippen molar-refractivity contribution in [2.24, 2.45) is 0 Å². The number of hydrogen-bond donors (Lipinski definition) is 1. The summed E-state index contributed by atoms with van der Waals surface area (Å²) >= 11 is 0. The van der Waals surface area contributed by atoms with Crippen LogP contribution in [0.25, 0.3) is 0 Å². The highest BCUT2D eigenvalue weighted by atomic mass is 32.2. The molecule has 0 aliphatic rings. The number of ether oxygens (including phenoxy) is 1. The molecule has 0 bridgehead atoms. The van der Waals surface area contributed by atoms with Gasteiger partial charge in [-0.3, -0.25) is 0 Å². The van der Waals surface area contributed by atoms with Crippen molar-refractivity contribution in [1.29, 1.82) is 0 Å². The Morgan fingerprint density at radius 1 is 1.05 bits per heavy atom. The van der Waals surface area contributed by atoms with Crippen LogP contribution in [0, 0.1) is 0 Å². The van der Waals surface area contributed by atoms with Gasteiger partial charge in [0.15, 0.2) is 9.84 Å². The van der Waals surface area contributed by atoms with Gasteiger partial charge in [-0.15, -0.1) is 0 Å². The topological polar surface area (TPSA) is 55.4 Å². The minimum Gasteiger partial charge on any atom is -0.457 e. The van der Waals surface area contributed by atoms with Crippen molar-refractivity contribution in [3.8, 4) is 11.5 Å². The van der Waals surface area contributed by atoms with Crippen LogP contribution in [0.15, 0.2) is 53.4 Å².